The lowest BCUT2D eigenvalue weighted by molar-refractivity contribution is -0.384. The maximum atomic E-state index is 13.0. The van der Waals surface area contributed by atoms with Crippen molar-refractivity contribution in [2.75, 3.05) is 14.2 Å². The third-order valence-corrected chi connectivity index (χ3v) is 6.97. The number of halogens is 2. The Hall–Kier alpha value is -4.36. The molecule has 1 aliphatic rings. The second-order valence-electron chi connectivity index (χ2n) is 7.97. The Labute approximate surface area is 234 Å². The van der Waals surface area contributed by atoms with Gasteiger partial charge in [0.25, 0.3) is 11.6 Å². The van der Waals surface area contributed by atoms with Crippen LogP contribution < -0.4 is 14.8 Å². The van der Waals surface area contributed by atoms with Crippen molar-refractivity contribution in [1.29, 1.82) is 0 Å². The molecule has 3 aromatic rings. The molecule has 1 aliphatic heterocycles. The number of ether oxygens (including phenoxy) is 3. The summed E-state index contributed by atoms with van der Waals surface area (Å²) in [6, 6.07) is 9.58. The summed E-state index contributed by atoms with van der Waals surface area (Å²) >= 11 is 9.94. The highest BCUT2D eigenvalue weighted by atomic mass is 79.9. The highest BCUT2D eigenvalue weighted by molar-refractivity contribution is 9.10. The van der Waals surface area contributed by atoms with E-state index in [0.29, 0.717) is 15.6 Å². The fraction of sp³-hybridized carbons (Fsp3) is 0.160. The molecule has 0 unspecified atom stereocenters. The number of furan rings is 1. The first-order chi connectivity index (χ1) is 18.6. The third-order valence-electron chi connectivity index (χ3n) is 5.53. The van der Waals surface area contributed by atoms with Crippen LogP contribution in [0, 0.1) is 10.1 Å². The molecule has 0 bridgehead atoms. The first-order valence-corrected chi connectivity index (χ1v) is 12.2. The van der Waals surface area contributed by atoms with Crippen molar-refractivity contribution in [3.05, 3.63) is 90.4 Å². The number of urea groups is 1. The van der Waals surface area contributed by atoms with E-state index in [1.807, 2.05) is 0 Å². The van der Waals surface area contributed by atoms with E-state index < -0.39 is 22.8 Å². The van der Waals surface area contributed by atoms with Gasteiger partial charge in [0, 0.05) is 16.6 Å². The molecule has 3 amide bonds. The number of rotatable bonds is 9. The maximum absolute atomic E-state index is 13.0. The molecule has 1 saturated heterocycles. The van der Waals surface area contributed by atoms with Gasteiger partial charge in [0.1, 0.15) is 23.1 Å². The number of nitrogens with zero attached hydrogens (tertiary/aromatic N) is 2. The van der Waals surface area contributed by atoms with Gasteiger partial charge in [-0.1, -0.05) is 11.6 Å². The van der Waals surface area contributed by atoms with Crippen molar-refractivity contribution in [3.63, 3.8) is 0 Å². The number of esters is 1. The molecule has 1 N–H and O–H groups in total. The lowest BCUT2D eigenvalue weighted by atomic mass is 10.1. The van der Waals surface area contributed by atoms with Crippen LogP contribution in [-0.4, -0.2) is 42.0 Å². The normalized spacial score (nSPS) is 13.9. The van der Waals surface area contributed by atoms with E-state index in [1.165, 1.54) is 44.6 Å². The molecule has 1 aromatic heterocycles. The van der Waals surface area contributed by atoms with E-state index in [2.05, 4.69) is 26.0 Å². The van der Waals surface area contributed by atoms with Crippen molar-refractivity contribution < 1.29 is 37.9 Å². The minimum absolute atomic E-state index is 0.0295. The molecule has 0 aliphatic carbocycles. The number of non-ortho nitro benzene ring substituents is 1. The predicted molar refractivity (Wildman–Crippen MR) is 140 cm³/mol. The number of benzene rings is 2. The van der Waals surface area contributed by atoms with E-state index in [9.17, 15) is 24.5 Å². The molecule has 2 heterocycles. The SMILES string of the molecule is COC(=O)c1ccc(CN2C(=O)N/C(=C\c3cc(OC)c(OCc4ccc([N+](=O)[O-])cc4)c(Cl)c3Br)C2=O)o1. The molecule has 0 spiro atoms. The predicted octanol–water partition coefficient (Wildman–Crippen LogP) is 5.07. The number of hydrogen-bond acceptors (Lipinski definition) is 9. The summed E-state index contributed by atoms with van der Waals surface area (Å²) in [5, 5.41) is 13.5. The Morgan fingerprint density at radius 2 is 1.92 bits per heavy atom. The number of nitro groups is 1. The summed E-state index contributed by atoms with van der Waals surface area (Å²) in [5.74, 6) is -0.713. The molecule has 4 rings (SSSR count). The number of methoxy groups -OCH3 is 2. The molecular formula is C25H19BrClN3O9. The second-order valence-corrected chi connectivity index (χ2v) is 9.15. The summed E-state index contributed by atoms with van der Waals surface area (Å²) in [6.07, 6.45) is 1.42. The first-order valence-electron chi connectivity index (χ1n) is 11.1. The molecule has 0 radical (unpaired) electrons. The largest absolute Gasteiger partial charge is 0.493 e. The van der Waals surface area contributed by atoms with Gasteiger partial charge >= 0.3 is 12.0 Å². The van der Waals surface area contributed by atoms with Crippen molar-refractivity contribution in [1.82, 2.24) is 10.2 Å². The monoisotopic (exact) mass is 619 g/mol. The van der Waals surface area contributed by atoms with Gasteiger partial charge in [-0.3, -0.25) is 19.8 Å². The molecule has 39 heavy (non-hydrogen) atoms. The molecule has 0 atom stereocenters. The molecule has 1 fully saturated rings. The number of carbonyl (C=O) groups excluding carboxylic acids is 3. The number of nitrogens with one attached hydrogen (secondary N) is 1. The first kappa shape index (κ1) is 27.7. The summed E-state index contributed by atoms with van der Waals surface area (Å²) in [4.78, 5) is 48.3. The van der Waals surface area contributed by atoms with Gasteiger partial charge in [0.05, 0.1) is 25.7 Å². The van der Waals surface area contributed by atoms with Crippen molar-refractivity contribution in [2.45, 2.75) is 13.2 Å². The van der Waals surface area contributed by atoms with Crippen LogP contribution in [-0.2, 0) is 22.7 Å². The number of hydrogen-bond donors (Lipinski definition) is 1. The number of imide groups is 1. The van der Waals surface area contributed by atoms with Crippen LogP contribution in [0.1, 0.15) is 27.4 Å². The Morgan fingerprint density at radius 3 is 2.56 bits per heavy atom. The lowest BCUT2D eigenvalue weighted by Crippen LogP contribution is -2.30. The van der Waals surface area contributed by atoms with Gasteiger partial charge in [-0.15, -0.1) is 0 Å². The zero-order valence-corrected chi connectivity index (χ0v) is 22.7. The summed E-state index contributed by atoms with van der Waals surface area (Å²) in [5.41, 5.74) is 1.00. The van der Waals surface area contributed by atoms with E-state index in [1.54, 1.807) is 18.2 Å². The zero-order valence-electron chi connectivity index (χ0n) is 20.4. The molecule has 202 valence electrons. The highest BCUT2D eigenvalue weighted by Gasteiger charge is 2.35. The fourth-order valence-corrected chi connectivity index (χ4v) is 4.23. The molecule has 2 aromatic carbocycles. The Morgan fingerprint density at radius 1 is 1.21 bits per heavy atom. The minimum atomic E-state index is -0.685. The molecule has 12 nitrogen and oxygen atoms in total. The van der Waals surface area contributed by atoms with Crippen LogP contribution in [0.3, 0.4) is 0 Å². The topological polar surface area (TPSA) is 150 Å². The van der Waals surface area contributed by atoms with E-state index >= 15 is 0 Å². The maximum Gasteiger partial charge on any atom is 0.373 e. The smallest absolute Gasteiger partial charge is 0.373 e. The zero-order chi connectivity index (χ0) is 28.3. The average Bonchev–Trinajstić information content (AvgIpc) is 3.50. The number of amides is 3. The van der Waals surface area contributed by atoms with E-state index in [-0.39, 0.29) is 52.6 Å². The van der Waals surface area contributed by atoms with Gasteiger partial charge in [0.15, 0.2) is 11.5 Å². The third kappa shape index (κ3) is 5.89. The van der Waals surface area contributed by atoms with Crippen molar-refractivity contribution in [3.8, 4) is 11.5 Å². The summed E-state index contributed by atoms with van der Waals surface area (Å²) in [6.45, 7) is -0.158. The number of carbonyl (C=O) groups is 3. The van der Waals surface area contributed by atoms with Gasteiger partial charge in [-0.2, -0.15) is 0 Å². The quantitative estimate of drug-likeness (QED) is 0.114. The van der Waals surface area contributed by atoms with Crippen LogP contribution in [0.2, 0.25) is 5.02 Å². The van der Waals surface area contributed by atoms with Crippen LogP contribution in [0.15, 0.2) is 57.1 Å². The molecule has 0 saturated carbocycles. The van der Waals surface area contributed by atoms with Gasteiger partial charge in [-0.05, 0) is 63.5 Å². The molecular weight excluding hydrogens is 602 g/mol. The van der Waals surface area contributed by atoms with Crippen LogP contribution >= 0.6 is 27.5 Å². The second kappa shape index (κ2) is 11.6. The van der Waals surface area contributed by atoms with Crippen LogP contribution in [0.4, 0.5) is 10.5 Å². The van der Waals surface area contributed by atoms with Crippen LogP contribution in [0.25, 0.3) is 6.08 Å². The Balaban J connectivity index is 1.53. The number of nitro benzene ring substituents is 1. The fourth-order valence-electron chi connectivity index (χ4n) is 3.56. The van der Waals surface area contributed by atoms with Crippen molar-refractivity contribution >= 4 is 57.2 Å². The Bertz CT molecular complexity index is 1500. The molecule has 14 heteroatoms. The van der Waals surface area contributed by atoms with E-state index in [0.717, 1.165) is 4.90 Å². The standard InChI is InChI=1S/C25H19BrClN3O9/c1-36-19-10-14(20(26)21(27)22(19)38-12-13-3-5-15(6-4-13)30(34)35)9-17-23(31)29(25(33)28-17)11-16-7-8-18(39-16)24(32)37-2/h3-10H,11-12H2,1-2H3,(H,28,33)/b17-9-. The summed E-state index contributed by atoms with van der Waals surface area (Å²) in [7, 11) is 2.61. The van der Waals surface area contributed by atoms with E-state index in [4.69, 9.17) is 25.5 Å². The van der Waals surface area contributed by atoms with Crippen LogP contribution in [0.5, 0.6) is 11.5 Å². The Kier molecular flexibility index (Phi) is 8.21. The van der Waals surface area contributed by atoms with Crippen molar-refractivity contribution in [2.24, 2.45) is 0 Å². The highest BCUT2D eigenvalue weighted by Crippen LogP contribution is 2.43. The lowest BCUT2D eigenvalue weighted by Gasteiger charge is -2.15. The minimum Gasteiger partial charge on any atom is -0.493 e. The van der Waals surface area contributed by atoms with Gasteiger partial charge in [-0.25, -0.2) is 9.59 Å². The summed E-state index contributed by atoms with van der Waals surface area (Å²) < 4.78 is 21.6. The van der Waals surface area contributed by atoms with Gasteiger partial charge in [0.2, 0.25) is 5.76 Å². The average molecular weight is 621 g/mol. The van der Waals surface area contributed by atoms with Gasteiger partial charge < -0.3 is 23.9 Å².